The molecule has 3 rings (SSSR count). The highest BCUT2D eigenvalue weighted by atomic mass is 35.5. The highest BCUT2D eigenvalue weighted by molar-refractivity contribution is 7.90. The van der Waals surface area contributed by atoms with Crippen molar-refractivity contribution in [3.05, 3.63) is 64.5 Å². The van der Waals surface area contributed by atoms with Crippen molar-refractivity contribution < 1.29 is 17.2 Å². The maximum Gasteiger partial charge on any atom is 0.209 e. The van der Waals surface area contributed by atoms with E-state index in [9.17, 15) is 17.2 Å². The third-order valence-corrected chi connectivity index (χ3v) is 5.16. The normalized spacial score (nSPS) is 11.7. The van der Waals surface area contributed by atoms with Crippen molar-refractivity contribution in [3.8, 4) is 16.9 Å². The van der Waals surface area contributed by atoms with Gasteiger partial charge >= 0.3 is 0 Å². The minimum Gasteiger partial charge on any atom is -0.281 e. The summed E-state index contributed by atoms with van der Waals surface area (Å²) in [5.41, 5.74) is 1.07. The minimum atomic E-state index is -3.35. The monoisotopic (exact) mass is 402 g/mol. The molecule has 4 nitrogen and oxygen atoms in total. The van der Waals surface area contributed by atoms with Crippen LogP contribution in [0.5, 0.6) is 0 Å². The molecule has 0 unspecified atom stereocenters. The Morgan fingerprint density at radius 1 is 1.00 bits per heavy atom. The predicted molar refractivity (Wildman–Crippen MR) is 92.0 cm³/mol. The highest BCUT2D eigenvalue weighted by Crippen LogP contribution is 2.34. The third kappa shape index (κ3) is 3.40. The zero-order chi connectivity index (χ0) is 18.4. The van der Waals surface area contributed by atoms with Crippen LogP contribution in [0.3, 0.4) is 0 Å². The van der Waals surface area contributed by atoms with Crippen molar-refractivity contribution in [2.45, 2.75) is 4.90 Å². The van der Waals surface area contributed by atoms with E-state index in [-0.39, 0.29) is 21.0 Å². The summed E-state index contributed by atoms with van der Waals surface area (Å²) in [5.74, 6) is -2.04. The smallest absolute Gasteiger partial charge is 0.209 e. The Hall–Kier alpha value is -1.96. The van der Waals surface area contributed by atoms with Crippen LogP contribution >= 0.6 is 23.2 Å². The van der Waals surface area contributed by atoms with Crippen LogP contribution in [0.1, 0.15) is 0 Å². The van der Waals surface area contributed by atoms with Gasteiger partial charge in [0.1, 0.15) is 0 Å². The van der Waals surface area contributed by atoms with Crippen molar-refractivity contribution in [1.82, 2.24) is 9.55 Å². The second kappa shape index (κ2) is 6.40. The van der Waals surface area contributed by atoms with E-state index in [1.165, 1.54) is 34.9 Å². The zero-order valence-corrected chi connectivity index (χ0v) is 15.0. The second-order valence-electron chi connectivity index (χ2n) is 5.25. The summed E-state index contributed by atoms with van der Waals surface area (Å²) >= 11 is 12.2. The molecule has 3 aromatic rings. The van der Waals surface area contributed by atoms with E-state index in [4.69, 9.17) is 23.2 Å². The van der Waals surface area contributed by atoms with Crippen LogP contribution in [0.15, 0.2) is 47.4 Å². The topological polar surface area (TPSA) is 52.0 Å². The van der Waals surface area contributed by atoms with Crippen molar-refractivity contribution in [3.63, 3.8) is 0 Å². The number of hydrogen-bond acceptors (Lipinski definition) is 3. The summed E-state index contributed by atoms with van der Waals surface area (Å²) in [7, 11) is -3.35. The summed E-state index contributed by atoms with van der Waals surface area (Å²) in [5, 5.41) is 0.0000338. The van der Waals surface area contributed by atoms with Crippen molar-refractivity contribution >= 4 is 33.0 Å². The molecule has 0 atom stereocenters. The van der Waals surface area contributed by atoms with Crippen LogP contribution in [0.2, 0.25) is 10.4 Å². The lowest BCUT2D eigenvalue weighted by atomic mass is 10.1. The van der Waals surface area contributed by atoms with E-state index in [1.807, 2.05) is 0 Å². The quantitative estimate of drug-likeness (QED) is 0.646. The molecule has 9 heteroatoms. The molecule has 0 spiro atoms. The van der Waals surface area contributed by atoms with Crippen molar-refractivity contribution in [2.75, 3.05) is 6.26 Å². The SMILES string of the molecule is CS(=O)(=O)c1ccc(-c2c(Cl)nc(Cl)n2-c2ccc(F)c(F)c2)cc1. The van der Waals surface area contributed by atoms with Gasteiger partial charge in [0.15, 0.2) is 26.6 Å². The number of hydrogen-bond donors (Lipinski definition) is 0. The molecule has 0 saturated heterocycles. The molecule has 130 valence electrons. The lowest BCUT2D eigenvalue weighted by Gasteiger charge is -2.11. The molecule has 0 bridgehead atoms. The number of sulfone groups is 1. The molecule has 0 fully saturated rings. The van der Waals surface area contributed by atoms with E-state index in [0.717, 1.165) is 18.4 Å². The standard InChI is InChI=1S/C16H10Cl2F2N2O2S/c1-25(23,24)11-5-2-9(3-6-11)14-15(17)21-16(18)22(14)10-4-7-12(19)13(20)8-10/h2-8H,1H3. The van der Waals surface area contributed by atoms with Crippen LogP contribution < -0.4 is 0 Å². The first-order valence-corrected chi connectivity index (χ1v) is 9.53. The van der Waals surface area contributed by atoms with Gasteiger partial charge in [0.05, 0.1) is 16.3 Å². The van der Waals surface area contributed by atoms with Crippen molar-refractivity contribution in [2.24, 2.45) is 0 Å². The predicted octanol–water partition coefficient (Wildman–Crippen LogP) is 4.53. The van der Waals surface area contributed by atoms with Gasteiger partial charge in [-0.2, -0.15) is 0 Å². The molecule has 1 heterocycles. The van der Waals surface area contributed by atoms with Crippen LogP contribution in [0.4, 0.5) is 8.78 Å². The molecule has 25 heavy (non-hydrogen) atoms. The zero-order valence-electron chi connectivity index (χ0n) is 12.7. The number of benzene rings is 2. The average Bonchev–Trinajstić information content (AvgIpc) is 2.83. The summed E-state index contributed by atoms with van der Waals surface area (Å²) < 4.78 is 51.2. The van der Waals surface area contributed by atoms with E-state index in [2.05, 4.69) is 4.98 Å². The van der Waals surface area contributed by atoms with E-state index < -0.39 is 21.5 Å². The molecule has 0 aliphatic heterocycles. The van der Waals surface area contributed by atoms with E-state index in [1.54, 1.807) is 0 Å². The van der Waals surface area contributed by atoms with Gasteiger partial charge < -0.3 is 0 Å². The van der Waals surface area contributed by atoms with Gasteiger partial charge in [-0.05, 0) is 35.9 Å². The average molecular weight is 403 g/mol. The molecule has 0 saturated carbocycles. The van der Waals surface area contributed by atoms with Gasteiger partial charge in [-0.15, -0.1) is 0 Å². The van der Waals surface area contributed by atoms with Gasteiger partial charge in [0.25, 0.3) is 0 Å². The molecule has 2 aromatic carbocycles. The van der Waals surface area contributed by atoms with Crippen LogP contribution in [0, 0.1) is 11.6 Å². The summed E-state index contributed by atoms with van der Waals surface area (Å²) in [4.78, 5) is 4.08. The second-order valence-corrected chi connectivity index (χ2v) is 7.96. The summed E-state index contributed by atoms with van der Waals surface area (Å²) in [6.07, 6.45) is 1.09. The highest BCUT2D eigenvalue weighted by Gasteiger charge is 2.19. The van der Waals surface area contributed by atoms with Crippen LogP contribution in [-0.2, 0) is 9.84 Å². The maximum atomic E-state index is 13.6. The number of aromatic nitrogens is 2. The molecular formula is C16H10Cl2F2N2O2S. The fourth-order valence-electron chi connectivity index (χ4n) is 2.34. The van der Waals surface area contributed by atoms with Crippen LogP contribution in [-0.4, -0.2) is 24.2 Å². The molecule has 0 radical (unpaired) electrons. The molecule has 0 amide bonds. The fourth-order valence-corrected chi connectivity index (χ4v) is 3.55. The van der Waals surface area contributed by atoms with Gasteiger partial charge in [-0.3, -0.25) is 4.57 Å². The Bertz CT molecular complexity index is 1060. The van der Waals surface area contributed by atoms with Gasteiger partial charge in [-0.1, -0.05) is 23.7 Å². The fraction of sp³-hybridized carbons (Fsp3) is 0.0625. The lowest BCUT2D eigenvalue weighted by Crippen LogP contribution is -2.00. The molecule has 0 aliphatic carbocycles. The Labute approximate surface area is 152 Å². The Kier molecular flexibility index (Phi) is 4.57. The Morgan fingerprint density at radius 2 is 1.64 bits per heavy atom. The summed E-state index contributed by atoms with van der Waals surface area (Å²) in [6.45, 7) is 0. The number of nitrogens with zero attached hydrogens (tertiary/aromatic N) is 2. The first-order chi connectivity index (χ1) is 11.7. The molecular weight excluding hydrogens is 393 g/mol. The third-order valence-electron chi connectivity index (χ3n) is 3.51. The van der Waals surface area contributed by atoms with E-state index >= 15 is 0 Å². The molecule has 0 aliphatic rings. The van der Waals surface area contributed by atoms with Crippen LogP contribution in [0.25, 0.3) is 16.9 Å². The first-order valence-electron chi connectivity index (χ1n) is 6.88. The largest absolute Gasteiger partial charge is 0.281 e. The van der Waals surface area contributed by atoms with Gasteiger partial charge in [0, 0.05) is 17.9 Å². The number of imidazole rings is 1. The lowest BCUT2D eigenvalue weighted by molar-refractivity contribution is 0.508. The number of rotatable bonds is 3. The molecule has 1 aromatic heterocycles. The van der Waals surface area contributed by atoms with Gasteiger partial charge in [0.2, 0.25) is 5.28 Å². The first kappa shape index (κ1) is 17.8. The summed E-state index contributed by atoms with van der Waals surface area (Å²) in [6, 6.07) is 9.16. The van der Waals surface area contributed by atoms with E-state index in [0.29, 0.717) is 11.3 Å². The Balaban J connectivity index is 2.19. The maximum absolute atomic E-state index is 13.6. The molecule has 0 N–H and O–H groups in total. The Morgan fingerprint density at radius 3 is 2.20 bits per heavy atom. The minimum absolute atomic E-state index is 0.0433. The number of halogens is 4. The van der Waals surface area contributed by atoms with Crippen molar-refractivity contribution in [1.29, 1.82) is 0 Å². The van der Waals surface area contributed by atoms with Gasteiger partial charge in [-0.25, -0.2) is 22.2 Å².